The average Bonchev–Trinajstić information content (AvgIpc) is 2.42. The molecule has 1 saturated carbocycles. The lowest BCUT2D eigenvalue weighted by Crippen LogP contribution is -2.53. The van der Waals surface area contributed by atoms with Gasteiger partial charge in [-0.05, 0) is 38.6 Å². The standard InChI is InChI=1S/C16H30N2O/c1-12(11-14-7-4-3-5-8-14)16(19)18-15-9-6-10-17-13(15)2/h12-15,17H,3-11H2,1-2H3,(H,18,19). The highest BCUT2D eigenvalue weighted by Gasteiger charge is 2.26. The van der Waals surface area contributed by atoms with Gasteiger partial charge in [0.25, 0.3) is 0 Å². The van der Waals surface area contributed by atoms with Crippen LogP contribution in [0.3, 0.4) is 0 Å². The largest absolute Gasteiger partial charge is 0.352 e. The maximum atomic E-state index is 12.3. The zero-order chi connectivity index (χ0) is 13.7. The number of amides is 1. The molecule has 0 bridgehead atoms. The maximum Gasteiger partial charge on any atom is 0.223 e. The summed E-state index contributed by atoms with van der Waals surface area (Å²) in [5.74, 6) is 1.24. The first-order valence-electron chi connectivity index (χ1n) is 8.20. The first-order chi connectivity index (χ1) is 9.16. The summed E-state index contributed by atoms with van der Waals surface area (Å²) in [7, 11) is 0. The Balaban J connectivity index is 1.74. The van der Waals surface area contributed by atoms with Crippen LogP contribution in [0.15, 0.2) is 0 Å². The molecule has 1 saturated heterocycles. The molecule has 3 unspecified atom stereocenters. The molecule has 1 aliphatic heterocycles. The van der Waals surface area contributed by atoms with Crippen LogP contribution < -0.4 is 10.6 Å². The maximum absolute atomic E-state index is 12.3. The van der Waals surface area contributed by atoms with Crippen molar-refractivity contribution in [2.24, 2.45) is 11.8 Å². The van der Waals surface area contributed by atoms with E-state index in [0.717, 1.165) is 25.3 Å². The van der Waals surface area contributed by atoms with Gasteiger partial charge in [-0.2, -0.15) is 0 Å². The van der Waals surface area contributed by atoms with E-state index in [2.05, 4.69) is 24.5 Å². The first kappa shape index (κ1) is 14.8. The summed E-state index contributed by atoms with van der Waals surface area (Å²) in [5.41, 5.74) is 0. The van der Waals surface area contributed by atoms with Crippen LogP contribution in [0.1, 0.15) is 65.2 Å². The summed E-state index contributed by atoms with van der Waals surface area (Å²) in [5, 5.41) is 6.70. The van der Waals surface area contributed by atoms with Gasteiger partial charge in [-0.3, -0.25) is 4.79 Å². The smallest absolute Gasteiger partial charge is 0.223 e. The minimum absolute atomic E-state index is 0.178. The number of carbonyl (C=O) groups excluding carboxylic acids is 1. The minimum atomic E-state index is 0.178. The van der Waals surface area contributed by atoms with Gasteiger partial charge in [0.15, 0.2) is 0 Å². The molecule has 2 aliphatic rings. The molecule has 3 nitrogen and oxygen atoms in total. The summed E-state index contributed by atoms with van der Waals surface area (Å²) < 4.78 is 0. The SMILES string of the molecule is CC(CC1CCCCC1)C(=O)NC1CCCNC1C. The van der Waals surface area contributed by atoms with Gasteiger partial charge in [0.2, 0.25) is 5.91 Å². The second-order valence-corrected chi connectivity index (χ2v) is 6.64. The topological polar surface area (TPSA) is 41.1 Å². The van der Waals surface area contributed by atoms with E-state index in [-0.39, 0.29) is 11.8 Å². The molecule has 2 N–H and O–H groups in total. The second kappa shape index (κ2) is 7.28. The van der Waals surface area contributed by atoms with Crippen LogP contribution in [0.25, 0.3) is 0 Å². The normalized spacial score (nSPS) is 30.8. The second-order valence-electron chi connectivity index (χ2n) is 6.64. The third kappa shape index (κ3) is 4.48. The molecule has 19 heavy (non-hydrogen) atoms. The van der Waals surface area contributed by atoms with Gasteiger partial charge in [-0.25, -0.2) is 0 Å². The lowest BCUT2D eigenvalue weighted by molar-refractivity contribution is -0.126. The lowest BCUT2D eigenvalue weighted by Gasteiger charge is -2.32. The summed E-state index contributed by atoms with van der Waals surface area (Å²) in [6.07, 6.45) is 10.2. The van der Waals surface area contributed by atoms with E-state index in [0.29, 0.717) is 12.1 Å². The van der Waals surface area contributed by atoms with Crippen LogP contribution >= 0.6 is 0 Å². The lowest BCUT2D eigenvalue weighted by atomic mass is 9.83. The molecule has 3 heteroatoms. The van der Waals surface area contributed by atoms with E-state index < -0.39 is 0 Å². The van der Waals surface area contributed by atoms with Gasteiger partial charge in [0.1, 0.15) is 0 Å². The molecular weight excluding hydrogens is 236 g/mol. The van der Waals surface area contributed by atoms with Crippen LogP contribution in [0, 0.1) is 11.8 Å². The van der Waals surface area contributed by atoms with Crippen LogP contribution in [0.4, 0.5) is 0 Å². The number of nitrogens with one attached hydrogen (secondary N) is 2. The van der Waals surface area contributed by atoms with Crippen molar-refractivity contribution in [3.63, 3.8) is 0 Å². The van der Waals surface area contributed by atoms with Crippen LogP contribution in [-0.4, -0.2) is 24.5 Å². The first-order valence-corrected chi connectivity index (χ1v) is 8.20. The summed E-state index contributed by atoms with van der Waals surface area (Å²) >= 11 is 0. The van der Waals surface area contributed by atoms with Crippen molar-refractivity contribution in [1.82, 2.24) is 10.6 Å². The molecule has 0 aromatic rings. The number of carbonyl (C=O) groups is 1. The van der Waals surface area contributed by atoms with E-state index in [1.807, 2.05) is 0 Å². The summed E-state index contributed by atoms with van der Waals surface area (Å²) in [6, 6.07) is 0.745. The predicted molar refractivity (Wildman–Crippen MR) is 79.0 cm³/mol. The van der Waals surface area contributed by atoms with Crippen LogP contribution in [0.2, 0.25) is 0 Å². The fourth-order valence-electron chi connectivity index (χ4n) is 3.60. The molecule has 1 heterocycles. The highest BCUT2D eigenvalue weighted by atomic mass is 16.1. The van der Waals surface area contributed by atoms with Crippen molar-refractivity contribution in [3.05, 3.63) is 0 Å². The highest BCUT2D eigenvalue weighted by Crippen LogP contribution is 2.29. The van der Waals surface area contributed by atoms with E-state index in [1.165, 1.54) is 38.5 Å². The Labute approximate surface area is 117 Å². The molecule has 110 valence electrons. The van der Waals surface area contributed by atoms with Crippen molar-refractivity contribution in [2.45, 2.75) is 77.3 Å². The van der Waals surface area contributed by atoms with Gasteiger partial charge in [0, 0.05) is 18.0 Å². The molecule has 0 aromatic carbocycles. The Morgan fingerprint density at radius 2 is 1.95 bits per heavy atom. The zero-order valence-electron chi connectivity index (χ0n) is 12.6. The predicted octanol–water partition coefficient (Wildman–Crippen LogP) is 2.85. The molecule has 2 fully saturated rings. The van der Waals surface area contributed by atoms with E-state index in [1.54, 1.807) is 0 Å². The zero-order valence-corrected chi connectivity index (χ0v) is 12.6. The van der Waals surface area contributed by atoms with Gasteiger partial charge in [0.05, 0.1) is 0 Å². The number of hydrogen-bond acceptors (Lipinski definition) is 2. The summed E-state index contributed by atoms with van der Waals surface area (Å²) in [4.78, 5) is 12.3. The van der Waals surface area contributed by atoms with Crippen molar-refractivity contribution in [1.29, 1.82) is 0 Å². The molecule has 3 atom stereocenters. The Kier molecular flexibility index (Phi) is 5.68. The van der Waals surface area contributed by atoms with E-state index >= 15 is 0 Å². The summed E-state index contributed by atoms with van der Waals surface area (Å²) in [6.45, 7) is 5.37. The molecule has 2 rings (SSSR count). The minimum Gasteiger partial charge on any atom is -0.352 e. The monoisotopic (exact) mass is 266 g/mol. The number of piperidine rings is 1. The van der Waals surface area contributed by atoms with Crippen molar-refractivity contribution in [2.75, 3.05) is 6.54 Å². The fraction of sp³-hybridized carbons (Fsp3) is 0.938. The molecule has 1 amide bonds. The molecule has 1 aliphatic carbocycles. The van der Waals surface area contributed by atoms with Crippen molar-refractivity contribution < 1.29 is 4.79 Å². The third-order valence-electron chi connectivity index (χ3n) is 4.95. The van der Waals surface area contributed by atoms with Crippen molar-refractivity contribution in [3.8, 4) is 0 Å². The Bertz CT molecular complexity index is 286. The van der Waals surface area contributed by atoms with Gasteiger partial charge < -0.3 is 10.6 Å². The van der Waals surface area contributed by atoms with Crippen LogP contribution in [-0.2, 0) is 4.79 Å². The molecular formula is C16H30N2O. The van der Waals surface area contributed by atoms with E-state index in [9.17, 15) is 4.79 Å². The number of hydrogen-bond donors (Lipinski definition) is 2. The van der Waals surface area contributed by atoms with Gasteiger partial charge in [-0.15, -0.1) is 0 Å². The quantitative estimate of drug-likeness (QED) is 0.821. The highest BCUT2D eigenvalue weighted by molar-refractivity contribution is 5.78. The molecule has 0 radical (unpaired) electrons. The third-order valence-corrected chi connectivity index (χ3v) is 4.95. The number of rotatable bonds is 4. The molecule has 0 spiro atoms. The van der Waals surface area contributed by atoms with Gasteiger partial charge >= 0.3 is 0 Å². The molecule has 0 aromatic heterocycles. The van der Waals surface area contributed by atoms with E-state index in [4.69, 9.17) is 0 Å². The van der Waals surface area contributed by atoms with Crippen LogP contribution in [0.5, 0.6) is 0 Å². The Morgan fingerprint density at radius 1 is 1.21 bits per heavy atom. The van der Waals surface area contributed by atoms with Gasteiger partial charge in [-0.1, -0.05) is 39.0 Å². The Hall–Kier alpha value is -0.570. The fourth-order valence-corrected chi connectivity index (χ4v) is 3.60. The average molecular weight is 266 g/mol. The van der Waals surface area contributed by atoms with Crippen molar-refractivity contribution >= 4 is 5.91 Å². The Morgan fingerprint density at radius 3 is 2.63 bits per heavy atom.